The molecule has 0 fully saturated rings. The van der Waals surface area contributed by atoms with Crippen LogP contribution in [-0.4, -0.2) is 49.0 Å². The summed E-state index contributed by atoms with van der Waals surface area (Å²) in [6, 6.07) is 17.3. The minimum absolute atomic E-state index is 0.224. The molecule has 0 aliphatic rings. The van der Waals surface area contributed by atoms with Crippen molar-refractivity contribution in [3.05, 3.63) is 83.7 Å². The maximum Gasteiger partial charge on any atom is 0.265 e. The number of sulfonamides is 1. The van der Waals surface area contributed by atoms with Gasteiger partial charge >= 0.3 is 0 Å². The standard InChI is InChI=1S/C26H31N3O4S2/c1-18(2)34-25-15-21(10-11-23(25)26(31)29-35(3,32)33)20-8-6-19(7-9-20)12-14-28-17-24(30)22-5-4-13-27-16-22/h4-11,13,15-16,18,24,28,30H,12,14,17H2,1-3H3,(H,29,31)/t24-/m0/s1. The smallest absolute Gasteiger partial charge is 0.265 e. The largest absolute Gasteiger partial charge is 0.387 e. The number of aliphatic hydroxyl groups is 1. The van der Waals surface area contributed by atoms with E-state index < -0.39 is 22.0 Å². The van der Waals surface area contributed by atoms with Gasteiger partial charge in [0, 0.05) is 34.6 Å². The van der Waals surface area contributed by atoms with Crippen LogP contribution in [0.3, 0.4) is 0 Å². The number of carbonyl (C=O) groups excluding carboxylic acids is 1. The van der Waals surface area contributed by atoms with Gasteiger partial charge in [-0.25, -0.2) is 13.1 Å². The molecule has 7 nitrogen and oxygen atoms in total. The third-order valence-electron chi connectivity index (χ3n) is 5.15. The van der Waals surface area contributed by atoms with Crippen molar-refractivity contribution in [2.45, 2.75) is 36.5 Å². The highest BCUT2D eigenvalue weighted by Crippen LogP contribution is 2.32. The Hall–Kier alpha value is -2.72. The first-order valence-corrected chi connectivity index (χ1v) is 14.1. The van der Waals surface area contributed by atoms with Gasteiger partial charge < -0.3 is 10.4 Å². The van der Waals surface area contributed by atoms with Crippen molar-refractivity contribution in [2.24, 2.45) is 0 Å². The van der Waals surface area contributed by atoms with Gasteiger partial charge in [-0.15, -0.1) is 11.8 Å². The van der Waals surface area contributed by atoms with E-state index >= 15 is 0 Å². The van der Waals surface area contributed by atoms with Crippen LogP contribution in [0.15, 0.2) is 71.9 Å². The van der Waals surface area contributed by atoms with E-state index in [1.54, 1.807) is 18.5 Å². The molecule has 1 atom stereocenters. The van der Waals surface area contributed by atoms with Crippen LogP contribution in [0.25, 0.3) is 11.1 Å². The van der Waals surface area contributed by atoms with E-state index in [4.69, 9.17) is 0 Å². The molecule has 0 unspecified atom stereocenters. The number of hydrogen-bond acceptors (Lipinski definition) is 7. The Bertz CT molecular complexity index is 1230. The number of benzene rings is 2. The molecule has 1 aromatic heterocycles. The second-order valence-corrected chi connectivity index (χ2v) is 11.9. The lowest BCUT2D eigenvalue weighted by Crippen LogP contribution is -2.29. The summed E-state index contributed by atoms with van der Waals surface area (Å²) in [6.45, 7) is 5.23. The number of hydrogen-bond donors (Lipinski definition) is 3. The van der Waals surface area contributed by atoms with E-state index in [0.29, 0.717) is 12.1 Å². The quantitative estimate of drug-likeness (QED) is 0.264. The van der Waals surface area contributed by atoms with E-state index in [-0.39, 0.29) is 5.25 Å². The number of amides is 1. The number of thioether (sulfide) groups is 1. The molecular weight excluding hydrogens is 482 g/mol. The van der Waals surface area contributed by atoms with Gasteiger partial charge in [0.1, 0.15) is 0 Å². The molecule has 35 heavy (non-hydrogen) atoms. The molecule has 3 N–H and O–H groups in total. The lowest BCUT2D eigenvalue weighted by atomic mass is 10.0. The van der Waals surface area contributed by atoms with Crippen LogP contribution in [0.1, 0.15) is 41.4 Å². The van der Waals surface area contributed by atoms with Gasteiger partial charge in [-0.1, -0.05) is 50.2 Å². The number of carbonyl (C=O) groups is 1. The molecule has 0 spiro atoms. The Labute approximate surface area is 211 Å². The zero-order chi connectivity index (χ0) is 25.4. The molecule has 1 heterocycles. The van der Waals surface area contributed by atoms with Gasteiger partial charge in [0.05, 0.1) is 17.9 Å². The van der Waals surface area contributed by atoms with Gasteiger partial charge in [0.15, 0.2) is 0 Å². The van der Waals surface area contributed by atoms with Crippen LogP contribution in [0.4, 0.5) is 0 Å². The number of aliphatic hydroxyl groups excluding tert-OH is 1. The minimum atomic E-state index is -3.64. The normalized spacial score (nSPS) is 12.5. The fourth-order valence-electron chi connectivity index (χ4n) is 3.49. The molecule has 2 aromatic carbocycles. The summed E-state index contributed by atoms with van der Waals surface area (Å²) in [5.74, 6) is -0.626. The van der Waals surface area contributed by atoms with E-state index in [1.165, 1.54) is 11.8 Å². The molecule has 3 aromatic rings. The Morgan fingerprint density at radius 1 is 1.09 bits per heavy atom. The molecule has 0 saturated carbocycles. The summed E-state index contributed by atoms with van der Waals surface area (Å²) < 4.78 is 25.1. The van der Waals surface area contributed by atoms with Gasteiger partial charge in [0.2, 0.25) is 10.0 Å². The van der Waals surface area contributed by atoms with Crippen molar-refractivity contribution < 1.29 is 18.3 Å². The maximum absolute atomic E-state index is 12.5. The number of aromatic nitrogens is 1. The predicted octanol–water partition coefficient (Wildman–Crippen LogP) is 3.80. The Morgan fingerprint density at radius 2 is 1.80 bits per heavy atom. The average molecular weight is 514 g/mol. The van der Waals surface area contributed by atoms with Crippen molar-refractivity contribution in [2.75, 3.05) is 19.3 Å². The molecule has 0 aliphatic carbocycles. The summed E-state index contributed by atoms with van der Waals surface area (Å²) in [5, 5.41) is 13.7. The molecular formula is C26H31N3O4S2. The molecule has 0 aliphatic heterocycles. The van der Waals surface area contributed by atoms with Crippen LogP contribution in [-0.2, 0) is 16.4 Å². The van der Waals surface area contributed by atoms with Crippen LogP contribution in [0.5, 0.6) is 0 Å². The van der Waals surface area contributed by atoms with E-state index in [1.807, 2.05) is 50.2 Å². The topological polar surface area (TPSA) is 108 Å². The first kappa shape index (κ1) is 26.9. The highest BCUT2D eigenvalue weighted by atomic mass is 32.2. The molecule has 9 heteroatoms. The minimum Gasteiger partial charge on any atom is -0.387 e. The number of pyridine rings is 1. The van der Waals surface area contributed by atoms with Crippen molar-refractivity contribution in [1.82, 2.24) is 15.0 Å². The molecule has 186 valence electrons. The average Bonchev–Trinajstić information content (AvgIpc) is 2.81. The van der Waals surface area contributed by atoms with Gasteiger partial charge in [-0.2, -0.15) is 0 Å². The SMILES string of the molecule is CC(C)Sc1cc(-c2ccc(CCNC[C@H](O)c3cccnc3)cc2)ccc1C(=O)NS(C)(=O)=O. The van der Waals surface area contributed by atoms with Crippen molar-refractivity contribution in [3.8, 4) is 11.1 Å². The van der Waals surface area contributed by atoms with Crippen molar-refractivity contribution >= 4 is 27.7 Å². The third-order valence-corrected chi connectivity index (χ3v) is 6.77. The second kappa shape index (κ2) is 12.3. The summed E-state index contributed by atoms with van der Waals surface area (Å²) in [4.78, 5) is 17.2. The van der Waals surface area contributed by atoms with Crippen molar-refractivity contribution in [3.63, 3.8) is 0 Å². The Balaban J connectivity index is 1.64. The zero-order valence-corrected chi connectivity index (χ0v) is 21.7. The van der Waals surface area contributed by atoms with Gasteiger partial charge in [0.25, 0.3) is 5.91 Å². The molecule has 1 amide bonds. The van der Waals surface area contributed by atoms with Crippen LogP contribution in [0, 0.1) is 0 Å². The van der Waals surface area contributed by atoms with Crippen molar-refractivity contribution in [1.29, 1.82) is 0 Å². The molecule has 0 bridgehead atoms. The van der Waals surface area contributed by atoms with Gasteiger partial charge in [-0.05, 0) is 47.9 Å². The third kappa shape index (κ3) is 8.47. The molecule has 0 radical (unpaired) electrons. The van der Waals surface area contributed by atoms with E-state index in [0.717, 1.165) is 46.4 Å². The predicted molar refractivity (Wildman–Crippen MR) is 141 cm³/mol. The fourth-order valence-corrected chi connectivity index (χ4v) is 4.93. The summed E-state index contributed by atoms with van der Waals surface area (Å²) >= 11 is 1.52. The molecule has 0 saturated heterocycles. The summed E-state index contributed by atoms with van der Waals surface area (Å²) in [6.07, 6.45) is 4.54. The Morgan fingerprint density at radius 3 is 2.43 bits per heavy atom. The lowest BCUT2D eigenvalue weighted by molar-refractivity contribution is 0.0979. The first-order valence-electron chi connectivity index (χ1n) is 11.3. The number of nitrogens with zero attached hydrogens (tertiary/aromatic N) is 1. The monoisotopic (exact) mass is 513 g/mol. The molecule has 3 rings (SSSR count). The second-order valence-electron chi connectivity index (χ2n) is 8.53. The van der Waals surface area contributed by atoms with Crippen LogP contribution in [0.2, 0.25) is 0 Å². The fraction of sp³-hybridized carbons (Fsp3) is 0.308. The highest BCUT2D eigenvalue weighted by Gasteiger charge is 2.17. The number of nitrogens with one attached hydrogen (secondary N) is 2. The lowest BCUT2D eigenvalue weighted by Gasteiger charge is -2.14. The zero-order valence-electron chi connectivity index (χ0n) is 20.1. The van der Waals surface area contributed by atoms with Crippen LogP contribution < -0.4 is 10.0 Å². The summed E-state index contributed by atoms with van der Waals surface area (Å²) in [5.41, 5.74) is 4.26. The first-order chi connectivity index (χ1) is 16.6. The van der Waals surface area contributed by atoms with Gasteiger partial charge in [-0.3, -0.25) is 9.78 Å². The van der Waals surface area contributed by atoms with E-state index in [2.05, 4.69) is 27.2 Å². The Kier molecular flexibility index (Phi) is 9.45. The number of rotatable bonds is 11. The maximum atomic E-state index is 12.5. The summed E-state index contributed by atoms with van der Waals surface area (Å²) in [7, 11) is -3.64. The van der Waals surface area contributed by atoms with E-state index in [9.17, 15) is 18.3 Å². The highest BCUT2D eigenvalue weighted by molar-refractivity contribution is 8.00. The van der Waals surface area contributed by atoms with Crippen LogP contribution >= 0.6 is 11.8 Å².